The second-order valence-electron chi connectivity index (χ2n) is 6.19. The highest BCUT2D eigenvalue weighted by atomic mass is 16.5. The van der Waals surface area contributed by atoms with Crippen molar-refractivity contribution in [2.45, 2.75) is 45.6 Å². The van der Waals surface area contributed by atoms with Crippen LogP contribution in [0.3, 0.4) is 0 Å². The Morgan fingerprint density at radius 3 is 2.94 bits per heavy atom. The topological polar surface area (TPSA) is 24.5 Å². The first-order valence-electron chi connectivity index (χ1n) is 7.83. The third kappa shape index (κ3) is 4.22. The van der Waals surface area contributed by atoms with Gasteiger partial charge in [0.1, 0.15) is 0 Å². The van der Waals surface area contributed by atoms with Gasteiger partial charge in [-0.15, -0.1) is 0 Å². The molecule has 0 radical (unpaired) electrons. The molecule has 3 heteroatoms. The Morgan fingerprint density at radius 2 is 2.28 bits per heavy atom. The van der Waals surface area contributed by atoms with Crippen molar-refractivity contribution in [2.24, 2.45) is 11.8 Å². The molecule has 3 unspecified atom stereocenters. The molecule has 0 aliphatic carbocycles. The molecule has 0 aromatic heterocycles. The molecule has 0 bridgehead atoms. The number of rotatable bonds is 6. The standard InChI is InChI=1S/C15H30N2O/c1-3-7-16-15(14-6-9-18-12-14)11-17-8-4-5-13(2)10-17/h13-16H,3-12H2,1-2H3. The van der Waals surface area contributed by atoms with E-state index in [0.717, 1.165) is 31.6 Å². The van der Waals surface area contributed by atoms with Gasteiger partial charge in [-0.1, -0.05) is 13.8 Å². The number of ether oxygens (including phenoxy) is 1. The summed E-state index contributed by atoms with van der Waals surface area (Å²) < 4.78 is 5.57. The van der Waals surface area contributed by atoms with Gasteiger partial charge in [-0.25, -0.2) is 0 Å². The van der Waals surface area contributed by atoms with Gasteiger partial charge in [-0.05, 0) is 44.7 Å². The lowest BCUT2D eigenvalue weighted by molar-refractivity contribution is 0.136. The number of hydrogen-bond donors (Lipinski definition) is 1. The minimum Gasteiger partial charge on any atom is -0.381 e. The van der Waals surface area contributed by atoms with Crippen molar-refractivity contribution in [1.29, 1.82) is 0 Å². The number of nitrogens with zero attached hydrogens (tertiary/aromatic N) is 1. The Labute approximate surface area is 112 Å². The SMILES string of the molecule is CCCNC(CN1CCCC(C)C1)C1CCOC1. The largest absolute Gasteiger partial charge is 0.381 e. The summed E-state index contributed by atoms with van der Waals surface area (Å²) in [6.07, 6.45) is 5.25. The lowest BCUT2D eigenvalue weighted by atomic mass is 9.95. The van der Waals surface area contributed by atoms with E-state index in [9.17, 15) is 0 Å². The minimum absolute atomic E-state index is 0.637. The third-order valence-corrected chi connectivity index (χ3v) is 4.39. The monoisotopic (exact) mass is 254 g/mol. The maximum atomic E-state index is 5.57. The molecule has 0 spiro atoms. The number of hydrogen-bond acceptors (Lipinski definition) is 3. The molecular formula is C15H30N2O. The Balaban J connectivity index is 1.82. The highest BCUT2D eigenvalue weighted by Gasteiger charge is 2.28. The van der Waals surface area contributed by atoms with Crippen LogP contribution >= 0.6 is 0 Å². The van der Waals surface area contributed by atoms with Crippen molar-refractivity contribution >= 4 is 0 Å². The number of likely N-dealkylation sites (tertiary alicyclic amines) is 1. The summed E-state index contributed by atoms with van der Waals surface area (Å²) in [4.78, 5) is 2.67. The third-order valence-electron chi connectivity index (χ3n) is 4.39. The highest BCUT2D eigenvalue weighted by Crippen LogP contribution is 2.21. The Hall–Kier alpha value is -0.120. The van der Waals surface area contributed by atoms with Crippen molar-refractivity contribution in [3.05, 3.63) is 0 Å². The van der Waals surface area contributed by atoms with Gasteiger partial charge in [-0.3, -0.25) is 0 Å². The van der Waals surface area contributed by atoms with E-state index in [1.54, 1.807) is 0 Å². The first-order valence-corrected chi connectivity index (χ1v) is 7.83. The van der Waals surface area contributed by atoms with E-state index >= 15 is 0 Å². The molecule has 3 atom stereocenters. The van der Waals surface area contributed by atoms with Gasteiger partial charge in [0, 0.05) is 31.7 Å². The zero-order valence-corrected chi connectivity index (χ0v) is 12.2. The molecule has 0 aromatic carbocycles. The summed E-state index contributed by atoms with van der Waals surface area (Å²) in [5.74, 6) is 1.61. The van der Waals surface area contributed by atoms with Gasteiger partial charge in [0.15, 0.2) is 0 Å². The second-order valence-corrected chi connectivity index (χ2v) is 6.19. The van der Waals surface area contributed by atoms with Crippen LogP contribution in [0.2, 0.25) is 0 Å². The van der Waals surface area contributed by atoms with Crippen LogP contribution in [0.5, 0.6) is 0 Å². The van der Waals surface area contributed by atoms with Crippen LogP contribution in [0.15, 0.2) is 0 Å². The van der Waals surface area contributed by atoms with E-state index in [4.69, 9.17) is 4.74 Å². The summed E-state index contributed by atoms with van der Waals surface area (Å²) in [5.41, 5.74) is 0. The fourth-order valence-electron chi connectivity index (χ4n) is 3.31. The molecule has 18 heavy (non-hydrogen) atoms. The summed E-state index contributed by atoms with van der Waals surface area (Å²) in [5, 5.41) is 3.75. The van der Waals surface area contributed by atoms with Crippen LogP contribution in [0.4, 0.5) is 0 Å². The predicted molar refractivity (Wildman–Crippen MR) is 75.8 cm³/mol. The molecule has 0 aromatic rings. The smallest absolute Gasteiger partial charge is 0.0510 e. The van der Waals surface area contributed by atoms with Gasteiger partial charge in [0.2, 0.25) is 0 Å². The molecule has 3 nitrogen and oxygen atoms in total. The fourth-order valence-corrected chi connectivity index (χ4v) is 3.31. The average molecular weight is 254 g/mol. The summed E-state index contributed by atoms with van der Waals surface area (Å²) in [6.45, 7) is 11.5. The van der Waals surface area contributed by atoms with Crippen molar-refractivity contribution < 1.29 is 4.74 Å². The Morgan fingerprint density at radius 1 is 1.39 bits per heavy atom. The van der Waals surface area contributed by atoms with Crippen LogP contribution in [0.1, 0.15) is 39.5 Å². The van der Waals surface area contributed by atoms with Crippen molar-refractivity contribution in [3.63, 3.8) is 0 Å². The molecule has 2 saturated heterocycles. The van der Waals surface area contributed by atoms with E-state index in [2.05, 4.69) is 24.1 Å². The highest BCUT2D eigenvalue weighted by molar-refractivity contribution is 4.84. The van der Waals surface area contributed by atoms with Gasteiger partial charge in [0.25, 0.3) is 0 Å². The van der Waals surface area contributed by atoms with Gasteiger partial charge in [-0.2, -0.15) is 0 Å². The predicted octanol–water partition coefficient (Wildman–Crippen LogP) is 2.12. The van der Waals surface area contributed by atoms with E-state index in [-0.39, 0.29) is 0 Å². The summed E-state index contributed by atoms with van der Waals surface area (Å²) >= 11 is 0. The molecule has 2 rings (SSSR count). The summed E-state index contributed by atoms with van der Waals surface area (Å²) in [6, 6.07) is 0.637. The maximum absolute atomic E-state index is 5.57. The minimum atomic E-state index is 0.637. The maximum Gasteiger partial charge on any atom is 0.0510 e. The van der Waals surface area contributed by atoms with E-state index in [1.807, 2.05) is 0 Å². The van der Waals surface area contributed by atoms with E-state index in [1.165, 1.54) is 45.3 Å². The van der Waals surface area contributed by atoms with Crippen LogP contribution in [-0.2, 0) is 4.74 Å². The fraction of sp³-hybridized carbons (Fsp3) is 1.00. The van der Waals surface area contributed by atoms with Crippen LogP contribution in [0, 0.1) is 11.8 Å². The zero-order chi connectivity index (χ0) is 12.8. The lowest BCUT2D eigenvalue weighted by Gasteiger charge is -2.35. The Bertz CT molecular complexity index is 229. The molecule has 2 aliphatic heterocycles. The molecule has 1 N–H and O–H groups in total. The van der Waals surface area contributed by atoms with Gasteiger partial charge >= 0.3 is 0 Å². The first kappa shape index (κ1) is 14.3. The molecule has 0 saturated carbocycles. The van der Waals surface area contributed by atoms with E-state index < -0.39 is 0 Å². The quantitative estimate of drug-likeness (QED) is 0.786. The zero-order valence-electron chi connectivity index (χ0n) is 12.2. The van der Waals surface area contributed by atoms with Crippen molar-refractivity contribution in [3.8, 4) is 0 Å². The first-order chi connectivity index (χ1) is 8.79. The van der Waals surface area contributed by atoms with Crippen molar-refractivity contribution in [2.75, 3.05) is 39.4 Å². The molecule has 2 fully saturated rings. The van der Waals surface area contributed by atoms with Crippen LogP contribution in [0.25, 0.3) is 0 Å². The average Bonchev–Trinajstić information content (AvgIpc) is 2.88. The van der Waals surface area contributed by atoms with Crippen LogP contribution < -0.4 is 5.32 Å². The second kappa shape index (κ2) is 7.46. The number of nitrogens with one attached hydrogen (secondary N) is 1. The van der Waals surface area contributed by atoms with Crippen LogP contribution in [-0.4, -0.2) is 50.3 Å². The molecule has 106 valence electrons. The van der Waals surface area contributed by atoms with Gasteiger partial charge < -0.3 is 15.0 Å². The molecule has 2 aliphatic rings. The summed E-state index contributed by atoms with van der Waals surface area (Å²) in [7, 11) is 0. The molecule has 0 amide bonds. The molecular weight excluding hydrogens is 224 g/mol. The van der Waals surface area contributed by atoms with Gasteiger partial charge in [0.05, 0.1) is 6.61 Å². The van der Waals surface area contributed by atoms with Crippen molar-refractivity contribution in [1.82, 2.24) is 10.2 Å². The molecule has 2 heterocycles. The van der Waals surface area contributed by atoms with E-state index in [0.29, 0.717) is 6.04 Å². The Kier molecular flexibility index (Phi) is 5.93. The normalized spacial score (nSPS) is 31.7. The number of piperidine rings is 1. The lowest BCUT2D eigenvalue weighted by Crippen LogP contribution is -2.48.